The van der Waals surface area contributed by atoms with Gasteiger partial charge in [-0.15, -0.1) is 0 Å². The van der Waals surface area contributed by atoms with Crippen molar-refractivity contribution in [2.45, 2.75) is 57.5 Å². The van der Waals surface area contributed by atoms with Gasteiger partial charge in [-0.2, -0.15) is 0 Å². The number of hydrogen-bond acceptors (Lipinski definition) is 2. The van der Waals surface area contributed by atoms with Crippen molar-refractivity contribution in [1.82, 2.24) is 10.6 Å². The number of amides is 1. The smallest absolute Gasteiger partial charge is 0.278 e. The maximum absolute atomic E-state index is 12.2. The predicted molar refractivity (Wildman–Crippen MR) is 90.2 cm³/mol. The van der Waals surface area contributed by atoms with Crippen LogP contribution in [0.25, 0.3) is 0 Å². The van der Waals surface area contributed by atoms with Crippen LogP contribution in [-0.4, -0.2) is 16.9 Å². The first-order valence-corrected chi connectivity index (χ1v) is 8.24. The van der Waals surface area contributed by atoms with Crippen LogP contribution >= 0.6 is 12.2 Å². The number of thiocarbonyl (C=S) groups is 1. The van der Waals surface area contributed by atoms with Gasteiger partial charge in [0.2, 0.25) is 0 Å². The summed E-state index contributed by atoms with van der Waals surface area (Å²) in [7, 11) is 0. The molecule has 1 saturated carbocycles. The van der Waals surface area contributed by atoms with Gasteiger partial charge in [-0.3, -0.25) is 4.79 Å². The largest absolute Gasteiger partial charge is 0.365 e. The van der Waals surface area contributed by atoms with Crippen LogP contribution in [0.5, 0.6) is 0 Å². The third-order valence-corrected chi connectivity index (χ3v) is 4.35. The number of carbonyl (C=O) groups is 1. The van der Waals surface area contributed by atoms with Crippen molar-refractivity contribution in [3.8, 4) is 0 Å². The molecule has 1 aliphatic rings. The Morgan fingerprint density at radius 1 is 1.14 bits per heavy atom. The summed E-state index contributed by atoms with van der Waals surface area (Å²) in [5.41, 5.74) is 1.13. The van der Waals surface area contributed by atoms with E-state index in [0.717, 1.165) is 18.4 Å². The van der Waals surface area contributed by atoms with Crippen molar-refractivity contribution in [2.75, 3.05) is 0 Å². The van der Waals surface area contributed by atoms with E-state index >= 15 is 0 Å². The minimum absolute atomic E-state index is 0.0404. The summed E-state index contributed by atoms with van der Waals surface area (Å²) < 4.78 is 0. The Morgan fingerprint density at radius 2 is 1.76 bits per heavy atom. The molecule has 4 heteroatoms. The van der Waals surface area contributed by atoms with E-state index in [1.165, 1.54) is 25.7 Å². The highest BCUT2D eigenvalue weighted by Gasteiger charge is 2.18. The van der Waals surface area contributed by atoms with Gasteiger partial charge in [-0.25, -0.2) is 0 Å². The quantitative estimate of drug-likeness (QED) is 0.663. The van der Waals surface area contributed by atoms with Crippen molar-refractivity contribution in [3.63, 3.8) is 0 Å². The first-order chi connectivity index (χ1) is 10.2. The first kappa shape index (κ1) is 16.0. The lowest BCUT2D eigenvalue weighted by Gasteiger charge is -2.19. The van der Waals surface area contributed by atoms with Crippen molar-refractivity contribution in [2.24, 2.45) is 0 Å². The van der Waals surface area contributed by atoms with Crippen LogP contribution < -0.4 is 10.6 Å². The standard InChI is InChI=1S/C17H24N2OS/c1-13(14-9-5-4-6-10-14)18-17(21)16(20)19-15-11-7-2-3-8-12-15/h4-6,9-10,13,15H,2-3,7-8,11-12H2,1H3,(H,18,21)(H,19,20). The Hall–Kier alpha value is -1.42. The minimum atomic E-state index is -0.139. The molecule has 1 amide bonds. The molecule has 2 rings (SSSR count). The average Bonchev–Trinajstić information content (AvgIpc) is 2.76. The van der Waals surface area contributed by atoms with Gasteiger partial charge in [0.05, 0.1) is 0 Å². The van der Waals surface area contributed by atoms with E-state index < -0.39 is 0 Å². The van der Waals surface area contributed by atoms with Gasteiger partial charge in [-0.05, 0) is 25.3 Å². The highest BCUT2D eigenvalue weighted by atomic mass is 32.1. The van der Waals surface area contributed by atoms with Crippen LogP contribution in [0.1, 0.15) is 57.1 Å². The second-order valence-electron chi connectivity index (χ2n) is 5.77. The van der Waals surface area contributed by atoms with E-state index in [1.54, 1.807) is 0 Å². The predicted octanol–water partition coefficient (Wildman–Crippen LogP) is 3.50. The molecule has 21 heavy (non-hydrogen) atoms. The van der Waals surface area contributed by atoms with Crippen LogP contribution in [0.15, 0.2) is 30.3 Å². The third kappa shape index (κ3) is 5.12. The highest BCUT2D eigenvalue weighted by molar-refractivity contribution is 7.82. The van der Waals surface area contributed by atoms with E-state index in [9.17, 15) is 4.79 Å². The number of carbonyl (C=O) groups excluding carboxylic acids is 1. The lowest BCUT2D eigenvalue weighted by molar-refractivity contribution is -0.115. The van der Waals surface area contributed by atoms with E-state index in [0.29, 0.717) is 0 Å². The van der Waals surface area contributed by atoms with E-state index in [2.05, 4.69) is 10.6 Å². The zero-order valence-corrected chi connectivity index (χ0v) is 13.4. The monoisotopic (exact) mass is 304 g/mol. The van der Waals surface area contributed by atoms with Gasteiger partial charge in [0.25, 0.3) is 5.91 Å². The number of hydrogen-bond donors (Lipinski definition) is 2. The van der Waals surface area contributed by atoms with Gasteiger partial charge in [0, 0.05) is 12.1 Å². The SMILES string of the molecule is CC(NC(=S)C(=O)NC1CCCCCC1)c1ccccc1. The van der Waals surface area contributed by atoms with E-state index in [1.807, 2.05) is 37.3 Å². The fraction of sp³-hybridized carbons (Fsp3) is 0.529. The number of rotatable bonds is 3. The minimum Gasteiger partial charge on any atom is -0.365 e. The van der Waals surface area contributed by atoms with E-state index in [4.69, 9.17) is 12.2 Å². The van der Waals surface area contributed by atoms with Gasteiger partial charge in [0.15, 0.2) is 4.99 Å². The second-order valence-corrected chi connectivity index (χ2v) is 6.18. The molecule has 0 radical (unpaired) electrons. The second kappa shape index (κ2) is 8.13. The summed E-state index contributed by atoms with van der Waals surface area (Å²) in [6.45, 7) is 2.01. The molecular weight excluding hydrogens is 280 g/mol. The lowest BCUT2D eigenvalue weighted by atomic mass is 10.1. The Labute approximate surface area is 132 Å². The van der Waals surface area contributed by atoms with Gasteiger partial charge >= 0.3 is 0 Å². The van der Waals surface area contributed by atoms with Crippen LogP contribution in [0.4, 0.5) is 0 Å². The van der Waals surface area contributed by atoms with Gasteiger partial charge in [-0.1, -0.05) is 68.2 Å². The average molecular weight is 304 g/mol. The Kier molecular flexibility index (Phi) is 6.18. The maximum atomic E-state index is 12.2. The topological polar surface area (TPSA) is 41.1 Å². The summed E-state index contributed by atoms with van der Waals surface area (Å²) in [6, 6.07) is 10.3. The fourth-order valence-electron chi connectivity index (χ4n) is 2.76. The molecule has 3 nitrogen and oxygen atoms in total. The summed E-state index contributed by atoms with van der Waals surface area (Å²) in [5.74, 6) is -0.139. The van der Waals surface area contributed by atoms with Crippen LogP contribution in [0.2, 0.25) is 0 Å². The van der Waals surface area contributed by atoms with E-state index in [-0.39, 0.29) is 23.0 Å². The lowest BCUT2D eigenvalue weighted by Crippen LogP contribution is -2.44. The molecule has 1 aromatic rings. The third-order valence-electron chi connectivity index (χ3n) is 4.04. The highest BCUT2D eigenvalue weighted by Crippen LogP contribution is 2.17. The maximum Gasteiger partial charge on any atom is 0.278 e. The van der Waals surface area contributed by atoms with Crippen molar-refractivity contribution in [3.05, 3.63) is 35.9 Å². The Bertz CT molecular complexity index is 467. The van der Waals surface area contributed by atoms with Gasteiger partial charge < -0.3 is 10.6 Å². The molecule has 2 N–H and O–H groups in total. The van der Waals surface area contributed by atoms with Crippen molar-refractivity contribution >= 4 is 23.1 Å². The van der Waals surface area contributed by atoms with Crippen LogP contribution in [0, 0.1) is 0 Å². The molecule has 1 atom stereocenters. The zero-order valence-electron chi connectivity index (χ0n) is 12.6. The molecule has 0 heterocycles. The summed E-state index contributed by atoms with van der Waals surface area (Å²) >= 11 is 5.23. The van der Waals surface area contributed by atoms with Gasteiger partial charge in [0.1, 0.15) is 0 Å². The van der Waals surface area contributed by atoms with Crippen LogP contribution in [0.3, 0.4) is 0 Å². The molecule has 114 valence electrons. The molecule has 0 saturated heterocycles. The Morgan fingerprint density at radius 3 is 2.38 bits per heavy atom. The normalized spacial score (nSPS) is 17.6. The van der Waals surface area contributed by atoms with Crippen molar-refractivity contribution < 1.29 is 4.79 Å². The molecule has 0 aliphatic heterocycles. The Balaban J connectivity index is 1.83. The first-order valence-electron chi connectivity index (χ1n) is 7.83. The molecule has 0 aromatic heterocycles. The summed E-state index contributed by atoms with van der Waals surface area (Å²) in [4.78, 5) is 12.5. The molecular formula is C17H24N2OS. The molecule has 1 aromatic carbocycles. The molecule has 0 bridgehead atoms. The van der Waals surface area contributed by atoms with Crippen LogP contribution in [-0.2, 0) is 4.79 Å². The summed E-state index contributed by atoms with van der Waals surface area (Å²) in [6.07, 6.45) is 7.10. The van der Waals surface area contributed by atoms with Crippen molar-refractivity contribution in [1.29, 1.82) is 0 Å². The fourth-order valence-corrected chi connectivity index (χ4v) is 3.00. The molecule has 1 fully saturated rings. The summed E-state index contributed by atoms with van der Waals surface area (Å²) in [5, 5.41) is 6.19. The molecule has 1 aliphatic carbocycles. The molecule has 0 spiro atoms. The number of nitrogens with one attached hydrogen (secondary N) is 2. The zero-order chi connectivity index (χ0) is 15.1. The molecule has 1 unspecified atom stereocenters. The number of benzene rings is 1.